The molecule has 2 rings (SSSR count). The summed E-state index contributed by atoms with van der Waals surface area (Å²) in [4.78, 5) is 2.35. The number of likely N-dealkylation sites (tertiary alicyclic amines) is 1. The van der Waals surface area contributed by atoms with Crippen LogP contribution in [0.1, 0.15) is 25.7 Å². The predicted molar refractivity (Wildman–Crippen MR) is 52.4 cm³/mol. The molecule has 0 amide bonds. The van der Waals surface area contributed by atoms with Gasteiger partial charge in [-0.2, -0.15) is 0 Å². The van der Waals surface area contributed by atoms with Gasteiger partial charge in [-0.25, -0.2) is 0 Å². The summed E-state index contributed by atoms with van der Waals surface area (Å²) in [5, 5.41) is 9.59. The van der Waals surface area contributed by atoms with Crippen LogP contribution in [0, 0.1) is 5.41 Å². The molecule has 1 spiro atoms. The zero-order chi connectivity index (χ0) is 9.47. The fourth-order valence-corrected chi connectivity index (χ4v) is 2.89. The second-order valence-electron chi connectivity index (χ2n) is 4.87. The molecule has 2 fully saturated rings. The first kappa shape index (κ1) is 9.44. The van der Waals surface area contributed by atoms with Crippen molar-refractivity contribution in [1.29, 1.82) is 0 Å². The molecule has 13 heavy (non-hydrogen) atoms. The Labute approximate surface area is 79.9 Å². The lowest BCUT2D eigenvalue weighted by molar-refractivity contribution is 0.0932. The lowest BCUT2D eigenvalue weighted by Gasteiger charge is -2.40. The SMILES string of the molecule is CN1CCC2(CC1)CC(O)CC2N. The number of aliphatic hydroxyl groups excluding tert-OH is 1. The zero-order valence-electron chi connectivity index (χ0n) is 8.37. The fraction of sp³-hybridized carbons (Fsp3) is 1.00. The highest BCUT2D eigenvalue weighted by atomic mass is 16.3. The predicted octanol–water partition coefficient (Wildman–Crippen LogP) is 0.180. The van der Waals surface area contributed by atoms with Crippen molar-refractivity contribution in [3.05, 3.63) is 0 Å². The number of nitrogens with zero attached hydrogens (tertiary/aromatic N) is 1. The van der Waals surface area contributed by atoms with Gasteiger partial charge in [0.15, 0.2) is 0 Å². The summed E-state index contributed by atoms with van der Waals surface area (Å²) in [5.41, 5.74) is 6.37. The van der Waals surface area contributed by atoms with Gasteiger partial charge in [-0.05, 0) is 51.2 Å². The molecule has 76 valence electrons. The summed E-state index contributed by atoms with van der Waals surface area (Å²) in [7, 11) is 2.16. The monoisotopic (exact) mass is 184 g/mol. The summed E-state index contributed by atoms with van der Waals surface area (Å²) in [5.74, 6) is 0. The number of hydrogen-bond acceptors (Lipinski definition) is 3. The molecule has 0 radical (unpaired) electrons. The quantitative estimate of drug-likeness (QED) is 0.564. The van der Waals surface area contributed by atoms with E-state index in [9.17, 15) is 5.11 Å². The van der Waals surface area contributed by atoms with Crippen LogP contribution < -0.4 is 5.73 Å². The largest absolute Gasteiger partial charge is 0.393 e. The number of aliphatic hydroxyl groups is 1. The van der Waals surface area contributed by atoms with E-state index < -0.39 is 0 Å². The van der Waals surface area contributed by atoms with Gasteiger partial charge in [0.25, 0.3) is 0 Å². The number of rotatable bonds is 0. The Kier molecular flexibility index (Phi) is 2.34. The van der Waals surface area contributed by atoms with Gasteiger partial charge in [-0.15, -0.1) is 0 Å². The van der Waals surface area contributed by atoms with E-state index in [4.69, 9.17) is 5.73 Å². The summed E-state index contributed by atoms with van der Waals surface area (Å²) in [6, 6.07) is 0.233. The third-order valence-corrected chi connectivity index (χ3v) is 3.94. The van der Waals surface area contributed by atoms with Crippen LogP contribution in [0.25, 0.3) is 0 Å². The highest BCUT2D eigenvalue weighted by Gasteiger charge is 2.45. The minimum Gasteiger partial charge on any atom is -0.393 e. The van der Waals surface area contributed by atoms with Gasteiger partial charge >= 0.3 is 0 Å². The van der Waals surface area contributed by atoms with Crippen molar-refractivity contribution in [2.45, 2.75) is 37.8 Å². The molecule has 0 aromatic carbocycles. The van der Waals surface area contributed by atoms with Crippen LogP contribution in [0.15, 0.2) is 0 Å². The lowest BCUT2D eigenvalue weighted by atomic mass is 9.74. The van der Waals surface area contributed by atoms with E-state index in [0.29, 0.717) is 0 Å². The van der Waals surface area contributed by atoms with Gasteiger partial charge < -0.3 is 15.7 Å². The van der Waals surface area contributed by atoms with Crippen molar-refractivity contribution in [1.82, 2.24) is 4.90 Å². The maximum atomic E-state index is 9.59. The second-order valence-corrected chi connectivity index (χ2v) is 4.87. The van der Waals surface area contributed by atoms with E-state index in [1.54, 1.807) is 0 Å². The smallest absolute Gasteiger partial charge is 0.0561 e. The summed E-state index contributed by atoms with van der Waals surface area (Å²) < 4.78 is 0. The average Bonchev–Trinajstić information content (AvgIpc) is 2.34. The van der Waals surface area contributed by atoms with Crippen molar-refractivity contribution in [3.8, 4) is 0 Å². The lowest BCUT2D eigenvalue weighted by Crippen LogP contribution is -2.45. The van der Waals surface area contributed by atoms with E-state index in [1.165, 1.54) is 12.8 Å². The van der Waals surface area contributed by atoms with Gasteiger partial charge in [-0.3, -0.25) is 0 Å². The highest BCUT2D eigenvalue weighted by molar-refractivity contribution is 5.00. The molecule has 2 aliphatic rings. The van der Waals surface area contributed by atoms with Crippen LogP contribution in [-0.2, 0) is 0 Å². The summed E-state index contributed by atoms with van der Waals surface area (Å²) >= 11 is 0. The molecule has 1 heterocycles. The minimum absolute atomic E-state index is 0.140. The van der Waals surface area contributed by atoms with E-state index in [-0.39, 0.29) is 17.6 Å². The van der Waals surface area contributed by atoms with Crippen LogP contribution in [0.2, 0.25) is 0 Å². The Bertz CT molecular complexity index is 187. The molecular formula is C10H20N2O. The van der Waals surface area contributed by atoms with Crippen LogP contribution in [0.4, 0.5) is 0 Å². The van der Waals surface area contributed by atoms with Gasteiger partial charge in [0.1, 0.15) is 0 Å². The van der Waals surface area contributed by atoms with E-state index >= 15 is 0 Å². The van der Waals surface area contributed by atoms with E-state index in [2.05, 4.69) is 11.9 Å². The molecule has 0 aromatic heterocycles. The maximum absolute atomic E-state index is 9.59. The summed E-state index contributed by atoms with van der Waals surface area (Å²) in [6.45, 7) is 2.28. The Morgan fingerprint density at radius 1 is 1.38 bits per heavy atom. The van der Waals surface area contributed by atoms with Crippen molar-refractivity contribution in [3.63, 3.8) is 0 Å². The second kappa shape index (κ2) is 3.23. The third kappa shape index (κ3) is 1.60. The molecule has 0 bridgehead atoms. The Hall–Kier alpha value is -0.120. The number of nitrogens with two attached hydrogens (primary N) is 1. The van der Waals surface area contributed by atoms with Gasteiger partial charge in [-0.1, -0.05) is 0 Å². The molecule has 1 aliphatic carbocycles. The molecule has 0 aromatic rings. The normalized spacial score (nSPS) is 39.9. The van der Waals surface area contributed by atoms with Crippen LogP contribution in [-0.4, -0.2) is 42.3 Å². The number of hydrogen-bond donors (Lipinski definition) is 2. The van der Waals surface area contributed by atoms with Crippen molar-refractivity contribution >= 4 is 0 Å². The minimum atomic E-state index is -0.140. The van der Waals surface area contributed by atoms with Crippen molar-refractivity contribution in [2.75, 3.05) is 20.1 Å². The molecule has 3 heteroatoms. The van der Waals surface area contributed by atoms with Gasteiger partial charge in [0.2, 0.25) is 0 Å². The Morgan fingerprint density at radius 2 is 2.00 bits per heavy atom. The Morgan fingerprint density at radius 3 is 2.46 bits per heavy atom. The average molecular weight is 184 g/mol. The molecule has 2 atom stereocenters. The van der Waals surface area contributed by atoms with E-state index in [1.807, 2.05) is 0 Å². The topological polar surface area (TPSA) is 49.5 Å². The standard InChI is InChI=1S/C10H20N2O/c1-12-4-2-10(3-5-12)7-8(13)6-9(10)11/h8-9,13H,2-7,11H2,1H3. The van der Waals surface area contributed by atoms with Gasteiger partial charge in [0, 0.05) is 6.04 Å². The van der Waals surface area contributed by atoms with Crippen LogP contribution in [0.5, 0.6) is 0 Å². The number of piperidine rings is 1. The van der Waals surface area contributed by atoms with Crippen molar-refractivity contribution < 1.29 is 5.11 Å². The van der Waals surface area contributed by atoms with Crippen LogP contribution >= 0.6 is 0 Å². The first-order chi connectivity index (χ1) is 6.12. The van der Waals surface area contributed by atoms with Crippen LogP contribution in [0.3, 0.4) is 0 Å². The molecule has 3 N–H and O–H groups in total. The molecule has 1 saturated carbocycles. The zero-order valence-corrected chi connectivity index (χ0v) is 8.37. The molecule has 1 saturated heterocycles. The summed E-state index contributed by atoms with van der Waals surface area (Å²) in [6.07, 6.45) is 3.94. The molecule has 3 nitrogen and oxygen atoms in total. The maximum Gasteiger partial charge on any atom is 0.0561 e. The third-order valence-electron chi connectivity index (χ3n) is 3.94. The first-order valence-electron chi connectivity index (χ1n) is 5.25. The van der Waals surface area contributed by atoms with E-state index in [0.717, 1.165) is 25.9 Å². The first-order valence-corrected chi connectivity index (χ1v) is 5.25. The fourth-order valence-electron chi connectivity index (χ4n) is 2.89. The molecule has 1 aliphatic heterocycles. The van der Waals surface area contributed by atoms with Gasteiger partial charge in [0.05, 0.1) is 6.10 Å². The highest BCUT2D eigenvalue weighted by Crippen LogP contribution is 2.45. The van der Waals surface area contributed by atoms with Crippen molar-refractivity contribution in [2.24, 2.45) is 11.1 Å². The molecule has 2 unspecified atom stereocenters. The molecular weight excluding hydrogens is 164 g/mol. The Balaban J connectivity index is 2.04.